The number of hydrogen-bond donors (Lipinski definition) is 1. The van der Waals surface area contributed by atoms with Gasteiger partial charge in [0.1, 0.15) is 11.3 Å². The zero-order chi connectivity index (χ0) is 24.6. The van der Waals surface area contributed by atoms with Gasteiger partial charge >= 0.3 is 14.5 Å². The van der Waals surface area contributed by atoms with Crippen LogP contribution in [0.3, 0.4) is 0 Å². The van der Waals surface area contributed by atoms with Crippen LogP contribution in [0.5, 0.6) is 5.75 Å². The molecule has 180 valence electrons. The number of hydrogen-bond acceptors (Lipinski definition) is 6. The normalized spacial score (nSPS) is 13.0. The van der Waals surface area contributed by atoms with Crippen molar-refractivity contribution in [1.29, 1.82) is 0 Å². The first kappa shape index (κ1) is 28.3. The molecule has 0 bridgehead atoms. The lowest BCUT2D eigenvalue weighted by Gasteiger charge is -2.38. The van der Waals surface area contributed by atoms with E-state index in [0.717, 1.165) is 6.04 Å². The maximum absolute atomic E-state index is 12.7. The van der Waals surface area contributed by atoms with Crippen molar-refractivity contribution in [3.8, 4) is 5.75 Å². The molecule has 1 aromatic rings. The van der Waals surface area contributed by atoms with E-state index < -0.39 is 37.1 Å². The molecule has 32 heavy (non-hydrogen) atoms. The fourth-order valence-corrected chi connectivity index (χ4v) is 15.9. The van der Waals surface area contributed by atoms with Crippen LogP contribution in [0.15, 0.2) is 29.8 Å². The average Bonchev–Trinajstić information content (AvgIpc) is 2.66. The lowest BCUT2D eigenvalue weighted by molar-refractivity contribution is -0.137. The number of nitrogens with one attached hydrogen (secondary N) is 1. The van der Waals surface area contributed by atoms with Crippen molar-refractivity contribution in [2.45, 2.75) is 58.3 Å². The second kappa shape index (κ2) is 11.9. The van der Waals surface area contributed by atoms with E-state index in [2.05, 4.69) is 51.1 Å². The minimum atomic E-state index is -2.36. The molecule has 0 aliphatic carbocycles. The van der Waals surface area contributed by atoms with Crippen LogP contribution in [-0.4, -0.2) is 57.8 Å². The largest absolute Gasteiger partial charge is 0.497 e. The van der Waals surface area contributed by atoms with E-state index in [4.69, 9.17) is 17.7 Å². The fraction of sp³-hybridized carbons (Fsp3) is 0.545. The highest BCUT2D eigenvalue weighted by Crippen LogP contribution is 2.25. The predicted octanol–water partition coefficient (Wildman–Crippen LogP) is 4.53. The summed E-state index contributed by atoms with van der Waals surface area (Å²) in [6.07, 6.45) is 2.22. The second-order valence-electron chi connectivity index (χ2n) is 9.74. The van der Waals surface area contributed by atoms with Gasteiger partial charge in [0, 0.05) is 6.54 Å². The number of benzene rings is 1. The Morgan fingerprint density at radius 3 is 1.88 bits per heavy atom. The topological polar surface area (TPSA) is 83.1 Å². The maximum atomic E-state index is 12.7. The van der Waals surface area contributed by atoms with Crippen LogP contribution < -0.4 is 10.1 Å². The zero-order valence-corrected chi connectivity index (χ0v) is 24.0. The molecule has 0 atom stereocenters. The van der Waals surface area contributed by atoms with Crippen LogP contribution in [0.4, 0.5) is 0 Å². The summed E-state index contributed by atoms with van der Waals surface area (Å²) < 4.78 is 22.9. The Balaban J connectivity index is 2.82. The van der Waals surface area contributed by atoms with E-state index in [1.165, 1.54) is 13.2 Å². The van der Waals surface area contributed by atoms with Gasteiger partial charge in [-0.25, -0.2) is 4.79 Å². The molecule has 0 heterocycles. The molecule has 0 spiro atoms. The molecule has 0 aliphatic heterocycles. The molecule has 0 radical (unpaired) electrons. The van der Waals surface area contributed by atoms with Crippen LogP contribution >= 0.6 is 0 Å². The van der Waals surface area contributed by atoms with Gasteiger partial charge in [-0.05, 0) is 82.1 Å². The van der Waals surface area contributed by atoms with Gasteiger partial charge in [-0.2, -0.15) is 0 Å². The molecule has 1 amide bonds. The molecule has 1 rings (SSSR count). The second-order valence-corrected chi connectivity index (χ2v) is 22.6. The molecule has 0 aromatic heterocycles. The van der Waals surface area contributed by atoms with Crippen molar-refractivity contribution in [2.75, 3.05) is 20.8 Å². The van der Waals surface area contributed by atoms with E-state index in [9.17, 15) is 9.59 Å². The lowest BCUT2D eigenvalue weighted by Crippen LogP contribution is -2.52. The molecule has 0 unspecified atom stereocenters. The van der Waals surface area contributed by atoms with Crippen LogP contribution in [0, 0.1) is 0 Å². The first-order valence-corrected chi connectivity index (χ1v) is 20.1. The van der Waals surface area contributed by atoms with Gasteiger partial charge in [0.25, 0.3) is 5.91 Å². The van der Waals surface area contributed by atoms with Gasteiger partial charge < -0.3 is 23.0 Å². The summed E-state index contributed by atoms with van der Waals surface area (Å²) in [5.41, 5.74) is 0.655. The molecular weight excluding hydrogens is 459 g/mol. The molecular formula is C22H39NO6Si3. The van der Waals surface area contributed by atoms with E-state index in [-0.39, 0.29) is 5.57 Å². The minimum absolute atomic E-state index is 0.0469. The fourth-order valence-electron chi connectivity index (χ4n) is 3.32. The number of esters is 1. The predicted molar refractivity (Wildman–Crippen MR) is 136 cm³/mol. The van der Waals surface area contributed by atoms with Gasteiger partial charge in [-0.1, -0.05) is 12.1 Å². The van der Waals surface area contributed by atoms with Crippen LogP contribution in [0.2, 0.25) is 51.9 Å². The third-order valence-electron chi connectivity index (χ3n) is 4.21. The van der Waals surface area contributed by atoms with E-state index in [0.29, 0.717) is 24.3 Å². The van der Waals surface area contributed by atoms with Crippen LogP contribution in [0.25, 0.3) is 6.08 Å². The number of rotatable bonds is 12. The third-order valence-corrected chi connectivity index (χ3v) is 13.8. The first-order chi connectivity index (χ1) is 14.7. The van der Waals surface area contributed by atoms with Gasteiger partial charge in [0.2, 0.25) is 0 Å². The van der Waals surface area contributed by atoms with Crippen molar-refractivity contribution in [3.63, 3.8) is 0 Å². The Hall–Kier alpha value is -1.73. The zero-order valence-electron chi connectivity index (χ0n) is 21.0. The Morgan fingerprint density at radius 2 is 1.44 bits per heavy atom. The van der Waals surface area contributed by atoms with Crippen molar-refractivity contribution in [3.05, 3.63) is 35.4 Å². The summed E-state index contributed by atoms with van der Waals surface area (Å²) in [7, 11) is -3.07. The minimum Gasteiger partial charge on any atom is -0.497 e. The van der Waals surface area contributed by atoms with Gasteiger partial charge in [0.15, 0.2) is 16.6 Å². The summed E-state index contributed by atoms with van der Waals surface area (Å²) in [5, 5.41) is 2.84. The quantitative estimate of drug-likeness (QED) is 0.114. The first-order valence-electron chi connectivity index (χ1n) is 10.8. The van der Waals surface area contributed by atoms with Crippen LogP contribution in [0.1, 0.15) is 12.0 Å². The van der Waals surface area contributed by atoms with Crippen molar-refractivity contribution in [2.24, 2.45) is 0 Å². The van der Waals surface area contributed by atoms with E-state index in [1.807, 2.05) is 0 Å². The SMILES string of the molecule is COC(=O)/C(=C/c1ccc(OC)cc1)C(=O)NCCC[Si](C)(O[Si](C)(C)C)O[Si](C)(C)C. The monoisotopic (exact) mass is 497 g/mol. The molecule has 0 aliphatic rings. The van der Waals surface area contributed by atoms with Crippen molar-refractivity contribution >= 4 is 43.1 Å². The van der Waals surface area contributed by atoms with E-state index >= 15 is 0 Å². The summed E-state index contributed by atoms with van der Waals surface area (Å²) in [5.74, 6) is -0.450. The Kier molecular flexibility index (Phi) is 10.6. The molecule has 0 saturated carbocycles. The maximum Gasteiger partial charge on any atom is 0.343 e. The molecule has 1 aromatic carbocycles. The molecule has 10 heteroatoms. The summed E-state index contributed by atoms with van der Waals surface area (Å²) in [6, 6.07) is 7.85. The average molecular weight is 498 g/mol. The number of carbonyl (C=O) groups is 2. The third kappa shape index (κ3) is 10.7. The Labute approximate surface area is 196 Å². The molecule has 7 nitrogen and oxygen atoms in total. The van der Waals surface area contributed by atoms with Crippen LogP contribution in [-0.2, 0) is 22.6 Å². The highest BCUT2D eigenvalue weighted by Gasteiger charge is 2.39. The smallest absolute Gasteiger partial charge is 0.343 e. The van der Waals surface area contributed by atoms with E-state index in [1.54, 1.807) is 31.4 Å². The lowest BCUT2D eigenvalue weighted by atomic mass is 10.1. The highest BCUT2D eigenvalue weighted by molar-refractivity contribution is 6.87. The number of amides is 1. The van der Waals surface area contributed by atoms with Crippen molar-refractivity contribution in [1.82, 2.24) is 5.32 Å². The van der Waals surface area contributed by atoms with Crippen molar-refractivity contribution < 1.29 is 27.3 Å². The Bertz CT molecular complexity index is 781. The van der Waals surface area contributed by atoms with Gasteiger partial charge in [-0.15, -0.1) is 0 Å². The Morgan fingerprint density at radius 1 is 0.906 bits per heavy atom. The van der Waals surface area contributed by atoms with Gasteiger partial charge in [-0.3, -0.25) is 4.79 Å². The number of carbonyl (C=O) groups excluding carboxylic acids is 2. The standard InChI is InChI=1S/C22H39NO6Si3/c1-26-19-13-11-18(12-14-19)17-20(22(25)27-2)21(24)23-15-10-16-32(9,28-30(3,4)5)29-31(6,7)8/h11-14,17H,10,15-16H2,1-9H3,(H,23,24)/b20-17+. The summed E-state index contributed by atoms with van der Waals surface area (Å²) in [4.78, 5) is 24.9. The molecule has 0 saturated heterocycles. The number of methoxy groups -OCH3 is 2. The number of ether oxygens (including phenoxy) is 2. The molecule has 0 fully saturated rings. The van der Waals surface area contributed by atoms with Gasteiger partial charge in [0.05, 0.1) is 14.2 Å². The summed E-state index contributed by atoms with van der Waals surface area (Å²) in [6.45, 7) is 15.5. The highest BCUT2D eigenvalue weighted by atomic mass is 28.5. The molecule has 1 N–H and O–H groups in total. The summed E-state index contributed by atoms with van der Waals surface area (Å²) >= 11 is 0.